The van der Waals surface area contributed by atoms with Crippen LogP contribution in [0.15, 0.2) is 88.7 Å². The summed E-state index contributed by atoms with van der Waals surface area (Å²) in [4.78, 5) is 0.105. The minimum Gasteiger partial charge on any atom is -0.208 e. The first-order valence-corrected chi connectivity index (χ1v) is 15.5. The molecule has 1 aliphatic rings. The fourth-order valence-electron chi connectivity index (χ4n) is 4.45. The minimum atomic E-state index is -3.92. The fourth-order valence-corrected chi connectivity index (χ4v) is 7.37. The molecule has 0 amide bonds. The zero-order valence-electron chi connectivity index (χ0n) is 20.0. The van der Waals surface area contributed by atoms with E-state index in [4.69, 9.17) is 11.6 Å². The molecule has 0 radical (unpaired) electrons. The molecule has 4 rings (SSSR count). The lowest BCUT2D eigenvalue weighted by atomic mass is 9.96. The van der Waals surface area contributed by atoms with Crippen molar-refractivity contribution in [1.82, 2.24) is 9.03 Å². The van der Waals surface area contributed by atoms with Gasteiger partial charge in [-0.2, -0.15) is 4.31 Å². The predicted octanol–water partition coefficient (Wildman–Crippen LogP) is 5.38. The van der Waals surface area contributed by atoms with Gasteiger partial charge in [-0.05, 0) is 60.7 Å². The van der Waals surface area contributed by atoms with Crippen molar-refractivity contribution in [3.05, 3.63) is 95.0 Å². The molecule has 9 heteroatoms. The van der Waals surface area contributed by atoms with Gasteiger partial charge in [-0.1, -0.05) is 79.4 Å². The Hall–Kier alpha value is -2.23. The molecule has 1 aliphatic carbocycles. The number of nitrogens with one attached hydrogen (secondary N) is 1. The number of hydrogen-bond acceptors (Lipinski definition) is 4. The third kappa shape index (κ3) is 6.75. The van der Waals surface area contributed by atoms with Gasteiger partial charge in [0.25, 0.3) is 0 Å². The van der Waals surface area contributed by atoms with Crippen molar-refractivity contribution in [3.8, 4) is 0 Å². The minimum absolute atomic E-state index is 0.0410. The van der Waals surface area contributed by atoms with Gasteiger partial charge in [0, 0.05) is 24.2 Å². The highest BCUT2D eigenvalue weighted by Gasteiger charge is 2.27. The fraction of sp³-hybridized carbons (Fsp3) is 0.333. The SMILES string of the molecule is O=S(=O)(NC1CCCCC1)c1ccc(S(=O)(=O)N(CCc2ccccc2)Cc2ccccc2Cl)cc1. The average molecular weight is 547 g/mol. The molecule has 0 aliphatic heterocycles. The quantitative estimate of drug-likeness (QED) is 0.370. The highest BCUT2D eigenvalue weighted by molar-refractivity contribution is 7.89. The first-order chi connectivity index (χ1) is 17.3. The number of nitrogens with zero attached hydrogens (tertiary/aromatic N) is 1. The van der Waals surface area contributed by atoms with Gasteiger partial charge in [-0.25, -0.2) is 21.6 Å². The lowest BCUT2D eigenvalue weighted by molar-refractivity contribution is 0.409. The smallest absolute Gasteiger partial charge is 0.208 e. The Labute approximate surface area is 219 Å². The van der Waals surface area contributed by atoms with Crippen LogP contribution in [0.5, 0.6) is 0 Å². The Kier molecular flexibility index (Phi) is 8.85. The van der Waals surface area contributed by atoms with Gasteiger partial charge in [0.2, 0.25) is 20.0 Å². The molecular weight excluding hydrogens is 516 g/mol. The van der Waals surface area contributed by atoms with Gasteiger partial charge in [-0.3, -0.25) is 0 Å². The molecule has 1 fully saturated rings. The lowest BCUT2D eigenvalue weighted by Crippen LogP contribution is -2.36. The third-order valence-corrected chi connectivity index (χ3v) is 10.3. The van der Waals surface area contributed by atoms with Gasteiger partial charge in [0.15, 0.2) is 0 Å². The summed E-state index contributed by atoms with van der Waals surface area (Å²) in [5.74, 6) is 0. The second-order valence-corrected chi connectivity index (χ2v) is 13.2. The zero-order valence-corrected chi connectivity index (χ0v) is 22.4. The van der Waals surface area contributed by atoms with E-state index < -0.39 is 20.0 Å². The number of benzene rings is 3. The maximum Gasteiger partial charge on any atom is 0.243 e. The molecular formula is C27H31ClN2O4S2. The molecule has 0 saturated heterocycles. The molecule has 3 aromatic rings. The summed E-state index contributed by atoms with van der Waals surface area (Å²) in [5, 5.41) is 0.493. The van der Waals surface area contributed by atoms with Gasteiger partial charge in [-0.15, -0.1) is 0 Å². The van der Waals surface area contributed by atoms with Crippen LogP contribution in [0, 0.1) is 0 Å². The zero-order chi connectivity index (χ0) is 25.6. The molecule has 0 unspecified atom stereocenters. The van der Waals surface area contributed by atoms with E-state index in [1.807, 2.05) is 36.4 Å². The highest BCUT2D eigenvalue weighted by Crippen LogP contribution is 2.25. The lowest BCUT2D eigenvalue weighted by Gasteiger charge is -2.24. The van der Waals surface area contributed by atoms with Crippen LogP contribution in [0.3, 0.4) is 0 Å². The molecule has 1 saturated carbocycles. The van der Waals surface area contributed by atoms with Crippen LogP contribution < -0.4 is 4.72 Å². The van der Waals surface area contributed by atoms with Crippen LogP contribution in [0.1, 0.15) is 43.2 Å². The Morgan fingerprint density at radius 1 is 0.778 bits per heavy atom. The van der Waals surface area contributed by atoms with Gasteiger partial charge >= 0.3 is 0 Å². The Balaban J connectivity index is 1.56. The molecule has 0 atom stereocenters. The maximum atomic E-state index is 13.7. The summed E-state index contributed by atoms with van der Waals surface area (Å²) >= 11 is 6.34. The van der Waals surface area contributed by atoms with E-state index in [0.717, 1.165) is 37.7 Å². The van der Waals surface area contributed by atoms with Gasteiger partial charge in [0.05, 0.1) is 9.79 Å². The molecule has 36 heavy (non-hydrogen) atoms. The van der Waals surface area contributed by atoms with Crippen LogP contribution in [-0.2, 0) is 33.0 Å². The topological polar surface area (TPSA) is 83.5 Å². The molecule has 0 spiro atoms. The first kappa shape index (κ1) is 26.8. The number of rotatable bonds is 10. The van der Waals surface area contributed by atoms with Crippen LogP contribution in [0.4, 0.5) is 0 Å². The second kappa shape index (κ2) is 11.9. The van der Waals surface area contributed by atoms with Crippen molar-refractivity contribution in [3.63, 3.8) is 0 Å². The highest BCUT2D eigenvalue weighted by atomic mass is 35.5. The molecule has 3 aromatic carbocycles. The maximum absolute atomic E-state index is 13.7. The predicted molar refractivity (Wildman–Crippen MR) is 143 cm³/mol. The van der Waals surface area contributed by atoms with Gasteiger partial charge < -0.3 is 0 Å². The third-order valence-electron chi connectivity index (χ3n) is 6.50. The van der Waals surface area contributed by atoms with E-state index in [1.165, 1.54) is 28.6 Å². The van der Waals surface area contributed by atoms with E-state index in [9.17, 15) is 16.8 Å². The van der Waals surface area contributed by atoms with E-state index >= 15 is 0 Å². The molecule has 6 nitrogen and oxygen atoms in total. The largest absolute Gasteiger partial charge is 0.243 e. The summed E-state index contributed by atoms with van der Waals surface area (Å²) in [6, 6.07) is 22.2. The van der Waals surface area contributed by atoms with Crippen molar-refractivity contribution in [2.24, 2.45) is 0 Å². The second-order valence-electron chi connectivity index (χ2n) is 9.09. The van der Waals surface area contributed by atoms with E-state index in [-0.39, 0.29) is 28.9 Å². The van der Waals surface area contributed by atoms with Crippen LogP contribution in [-0.4, -0.2) is 33.7 Å². The molecule has 192 valence electrons. The summed E-state index contributed by atoms with van der Waals surface area (Å²) < 4.78 is 57.2. The molecule has 0 aromatic heterocycles. The van der Waals surface area contributed by atoms with Crippen molar-refractivity contribution in [2.75, 3.05) is 6.54 Å². The van der Waals surface area contributed by atoms with E-state index in [1.54, 1.807) is 18.2 Å². The summed E-state index contributed by atoms with van der Waals surface area (Å²) in [7, 11) is -7.63. The number of hydrogen-bond donors (Lipinski definition) is 1. The standard InChI is InChI=1S/C27H31ClN2O4S2/c28-27-14-8-7-11-23(27)21-30(20-19-22-9-3-1-4-10-22)36(33,34)26-17-15-25(16-18-26)35(31,32)29-24-12-5-2-6-13-24/h1,3-4,7-11,14-18,24,29H,2,5-6,12-13,19-21H2. The Bertz CT molecular complexity index is 1360. The van der Waals surface area contributed by atoms with Gasteiger partial charge in [0.1, 0.15) is 0 Å². The summed E-state index contributed by atoms with van der Waals surface area (Å²) in [6.07, 6.45) is 5.32. The summed E-state index contributed by atoms with van der Waals surface area (Å²) in [6.45, 7) is 0.360. The number of halogens is 1. The molecule has 1 N–H and O–H groups in total. The normalized spacial score (nSPS) is 15.3. The van der Waals surface area contributed by atoms with Crippen molar-refractivity contribution < 1.29 is 16.8 Å². The monoisotopic (exact) mass is 546 g/mol. The average Bonchev–Trinajstić information content (AvgIpc) is 2.88. The summed E-state index contributed by atoms with van der Waals surface area (Å²) in [5.41, 5.74) is 1.72. The van der Waals surface area contributed by atoms with Crippen molar-refractivity contribution >= 4 is 31.6 Å². The van der Waals surface area contributed by atoms with E-state index in [0.29, 0.717) is 17.0 Å². The van der Waals surface area contributed by atoms with Crippen molar-refractivity contribution in [2.45, 2.75) is 60.9 Å². The Morgan fingerprint density at radius 2 is 1.39 bits per heavy atom. The van der Waals surface area contributed by atoms with Crippen molar-refractivity contribution in [1.29, 1.82) is 0 Å². The molecule has 0 heterocycles. The van der Waals surface area contributed by atoms with Crippen LogP contribution in [0.25, 0.3) is 0 Å². The van der Waals surface area contributed by atoms with Crippen LogP contribution >= 0.6 is 11.6 Å². The first-order valence-electron chi connectivity index (χ1n) is 12.2. The molecule has 0 bridgehead atoms. The van der Waals surface area contributed by atoms with Crippen LogP contribution in [0.2, 0.25) is 5.02 Å². The van der Waals surface area contributed by atoms with E-state index in [2.05, 4.69) is 4.72 Å². The number of sulfonamides is 2. The Morgan fingerprint density at radius 3 is 2.06 bits per heavy atom.